The highest BCUT2D eigenvalue weighted by Gasteiger charge is 2.20. The zero-order valence-electron chi connectivity index (χ0n) is 23.2. The third-order valence-electron chi connectivity index (χ3n) is 9.06. The van der Waals surface area contributed by atoms with Crippen molar-refractivity contribution in [2.24, 2.45) is 0 Å². The molecule has 200 valence electrons. The van der Waals surface area contributed by atoms with Gasteiger partial charge in [-0.3, -0.25) is 0 Å². The van der Waals surface area contributed by atoms with Crippen molar-refractivity contribution < 1.29 is 0 Å². The van der Waals surface area contributed by atoms with Crippen LogP contribution in [0.2, 0.25) is 0 Å². The van der Waals surface area contributed by atoms with Crippen LogP contribution in [0, 0.1) is 0 Å². The van der Waals surface area contributed by atoms with Gasteiger partial charge in [0.1, 0.15) is 0 Å². The molecule has 0 amide bonds. The first-order chi connectivity index (χ1) is 21.3. The second-order valence-electron chi connectivity index (χ2n) is 11.4. The van der Waals surface area contributed by atoms with Crippen LogP contribution in [0.25, 0.3) is 85.9 Å². The number of thiophene rings is 1. The minimum Gasteiger partial charge on any atom is -0.309 e. The lowest BCUT2D eigenvalue weighted by atomic mass is 10.1. The normalized spacial score (nSPS) is 12.2. The molecular formula is C40H24N2S. The minimum atomic E-state index is 1.18. The molecule has 0 spiro atoms. The number of hydrogen-bond donors (Lipinski definition) is 0. The minimum absolute atomic E-state index is 1.18. The van der Waals surface area contributed by atoms with Gasteiger partial charge in [0.2, 0.25) is 0 Å². The molecule has 10 aromatic rings. The smallest absolute Gasteiger partial charge is 0.0562 e. The van der Waals surface area contributed by atoms with Crippen LogP contribution in [-0.4, -0.2) is 9.13 Å². The van der Waals surface area contributed by atoms with E-state index in [9.17, 15) is 0 Å². The molecule has 0 aliphatic rings. The summed E-state index contributed by atoms with van der Waals surface area (Å²) in [6.07, 6.45) is 0. The van der Waals surface area contributed by atoms with Gasteiger partial charge in [-0.15, -0.1) is 11.3 Å². The summed E-state index contributed by atoms with van der Waals surface area (Å²) in [5, 5.41) is 10.3. The summed E-state index contributed by atoms with van der Waals surface area (Å²) in [5.41, 5.74) is 7.27. The van der Waals surface area contributed by atoms with E-state index in [0.717, 1.165) is 0 Å². The summed E-state index contributed by atoms with van der Waals surface area (Å²) in [6, 6.07) is 53.5. The molecule has 7 aromatic carbocycles. The highest BCUT2D eigenvalue weighted by molar-refractivity contribution is 7.25. The maximum atomic E-state index is 2.45. The molecule has 0 N–H and O–H groups in total. The maximum Gasteiger partial charge on any atom is 0.0562 e. The summed E-state index contributed by atoms with van der Waals surface area (Å²) < 4.78 is 7.55. The Balaban J connectivity index is 1.38. The fraction of sp³-hybridized carbons (Fsp3) is 0. The van der Waals surface area contributed by atoms with Gasteiger partial charge in [0.15, 0.2) is 0 Å². The van der Waals surface area contributed by atoms with E-state index in [4.69, 9.17) is 0 Å². The molecule has 0 bridgehead atoms. The van der Waals surface area contributed by atoms with Crippen molar-refractivity contribution in [1.29, 1.82) is 0 Å². The van der Waals surface area contributed by atoms with E-state index in [-0.39, 0.29) is 0 Å². The Kier molecular flexibility index (Phi) is 4.63. The highest BCUT2D eigenvalue weighted by atomic mass is 32.1. The summed E-state index contributed by atoms with van der Waals surface area (Å²) in [5.74, 6) is 0. The standard InChI is InChI=1S/C40H24N2S/c1-2-12-27(13-3-1)41-37-23-36-31(21-32(37)33-22-34-30-15-7-9-17-39(30)43-40(34)24-38(33)41)29-14-6-8-16-35(29)42(36)28-19-18-25-10-4-5-11-26(25)20-28/h1-24H. The van der Waals surface area contributed by atoms with Gasteiger partial charge in [-0.1, -0.05) is 84.9 Å². The van der Waals surface area contributed by atoms with Crippen LogP contribution in [0.15, 0.2) is 146 Å². The first-order valence-electron chi connectivity index (χ1n) is 14.7. The van der Waals surface area contributed by atoms with E-state index >= 15 is 0 Å². The average molecular weight is 565 g/mol. The molecule has 3 aromatic heterocycles. The molecule has 3 heterocycles. The Hall–Kier alpha value is -5.38. The van der Waals surface area contributed by atoms with Gasteiger partial charge in [-0.05, 0) is 71.4 Å². The van der Waals surface area contributed by atoms with Crippen LogP contribution < -0.4 is 0 Å². The first-order valence-corrected chi connectivity index (χ1v) is 15.5. The fourth-order valence-corrected chi connectivity index (χ4v) is 8.27. The molecule has 0 saturated heterocycles. The highest BCUT2D eigenvalue weighted by Crippen LogP contribution is 2.43. The summed E-state index contributed by atoms with van der Waals surface area (Å²) in [4.78, 5) is 0. The molecule has 0 saturated carbocycles. The van der Waals surface area contributed by atoms with Gasteiger partial charge in [0.25, 0.3) is 0 Å². The van der Waals surface area contributed by atoms with E-state index in [1.165, 1.54) is 85.9 Å². The predicted molar refractivity (Wildman–Crippen MR) is 186 cm³/mol. The van der Waals surface area contributed by atoms with Crippen LogP contribution >= 0.6 is 11.3 Å². The van der Waals surface area contributed by atoms with Crippen LogP contribution in [0.3, 0.4) is 0 Å². The SMILES string of the molecule is c1ccc(-n2c3cc4sc5ccccc5c4cc3c3cc4c5ccccc5n(-c5ccc6ccccc6c5)c4cc32)cc1. The van der Waals surface area contributed by atoms with Gasteiger partial charge in [-0.2, -0.15) is 0 Å². The number of fused-ring (bicyclic) bond motifs is 10. The van der Waals surface area contributed by atoms with Gasteiger partial charge in [0, 0.05) is 53.1 Å². The second-order valence-corrected chi connectivity index (χ2v) is 12.5. The second kappa shape index (κ2) is 8.57. The van der Waals surface area contributed by atoms with Crippen molar-refractivity contribution in [1.82, 2.24) is 9.13 Å². The first kappa shape index (κ1) is 23.2. The Labute approximate surface area is 251 Å². The largest absolute Gasteiger partial charge is 0.309 e. The summed E-state index contributed by atoms with van der Waals surface area (Å²) in [7, 11) is 0. The third-order valence-corrected chi connectivity index (χ3v) is 10.2. The number of rotatable bonds is 2. The van der Waals surface area contributed by atoms with E-state index in [0.29, 0.717) is 0 Å². The molecule has 43 heavy (non-hydrogen) atoms. The summed E-state index contributed by atoms with van der Waals surface area (Å²) in [6.45, 7) is 0. The van der Waals surface area contributed by atoms with Crippen molar-refractivity contribution in [2.45, 2.75) is 0 Å². The predicted octanol–water partition coefficient (Wildman–Crippen LogP) is 11.4. The van der Waals surface area contributed by atoms with Crippen LogP contribution in [0.5, 0.6) is 0 Å². The molecule has 0 aliphatic carbocycles. The van der Waals surface area contributed by atoms with Crippen molar-refractivity contribution in [2.75, 3.05) is 0 Å². The van der Waals surface area contributed by atoms with Crippen LogP contribution in [0.4, 0.5) is 0 Å². The average Bonchev–Trinajstić information content (AvgIpc) is 3.69. The van der Waals surface area contributed by atoms with Crippen molar-refractivity contribution in [3.05, 3.63) is 146 Å². The van der Waals surface area contributed by atoms with E-state index in [2.05, 4.69) is 155 Å². The third kappa shape index (κ3) is 3.23. The molecule has 0 atom stereocenters. The number of hydrogen-bond acceptors (Lipinski definition) is 1. The zero-order valence-corrected chi connectivity index (χ0v) is 24.0. The van der Waals surface area contributed by atoms with Crippen LogP contribution in [0.1, 0.15) is 0 Å². The molecule has 10 rings (SSSR count). The lowest BCUT2D eigenvalue weighted by molar-refractivity contribution is 1.17. The number of para-hydroxylation sites is 2. The molecule has 0 radical (unpaired) electrons. The topological polar surface area (TPSA) is 9.86 Å². The Morgan fingerprint density at radius 2 is 0.953 bits per heavy atom. The summed E-state index contributed by atoms with van der Waals surface area (Å²) >= 11 is 1.88. The van der Waals surface area contributed by atoms with Gasteiger partial charge in [-0.25, -0.2) is 0 Å². The van der Waals surface area contributed by atoms with E-state index in [1.807, 2.05) is 11.3 Å². The number of nitrogens with zero attached hydrogens (tertiary/aromatic N) is 2. The van der Waals surface area contributed by atoms with E-state index in [1.54, 1.807) is 0 Å². The molecule has 0 unspecified atom stereocenters. The maximum absolute atomic E-state index is 2.45. The fourth-order valence-electron chi connectivity index (χ4n) is 7.15. The number of aromatic nitrogens is 2. The van der Waals surface area contributed by atoms with Crippen molar-refractivity contribution >= 4 is 85.9 Å². The van der Waals surface area contributed by atoms with Crippen molar-refractivity contribution in [3.63, 3.8) is 0 Å². The monoisotopic (exact) mass is 564 g/mol. The quantitative estimate of drug-likeness (QED) is 0.198. The molecule has 2 nitrogen and oxygen atoms in total. The molecule has 0 fully saturated rings. The Bertz CT molecular complexity index is 2720. The zero-order chi connectivity index (χ0) is 28.1. The van der Waals surface area contributed by atoms with E-state index < -0.39 is 0 Å². The Morgan fingerprint density at radius 1 is 0.326 bits per heavy atom. The lowest BCUT2D eigenvalue weighted by Gasteiger charge is -2.11. The number of benzene rings is 7. The van der Waals surface area contributed by atoms with Crippen LogP contribution in [-0.2, 0) is 0 Å². The van der Waals surface area contributed by atoms with Gasteiger partial charge in [0.05, 0.1) is 22.1 Å². The lowest BCUT2D eigenvalue weighted by Crippen LogP contribution is -1.95. The van der Waals surface area contributed by atoms with Gasteiger partial charge >= 0.3 is 0 Å². The van der Waals surface area contributed by atoms with Gasteiger partial charge < -0.3 is 9.13 Å². The molecule has 3 heteroatoms. The van der Waals surface area contributed by atoms with Crippen molar-refractivity contribution in [3.8, 4) is 11.4 Å². The Morgan fingerprint density at radius 3 is 1.81 bits per heavy atom. The molecule has 0 aliphatic heterocycles. The molecular weight excluding hydrogens is 541 g/mol.